The second kappa shape index (κ2) is 3.54. The lowest BCUT2D eigenvalue weighted by molar-refractivity contribution is 0.630. The van der Waals surface area contributed by atoms with Gasteiger partial charge < -0.3 is 11.6 Å². The van der Waals surface area contributed by atoms with Gasteiger partial charge in [0.25, 0.3) is 0 Å². The fourth-order valence-corrected chi connectivity index (χ4v) is 1.59. The predicted octanol–water partition coefficient (Wildman–Crippen LogP) is 1.75. The van der Waals surface area contributed by atoms with Crippen LogP contribution in [-0.2, 0) is 0 Å². The number of benzene rings is 1. The van der Waals surface area contributed by atoms with Crippen molar-refractivity contribution >= 4 is 21.7 Å². The van der Waals surface area contributed by atoms with Gasteiger partial charge in [0, 0.05) is 10.0 Å². The van der Waals surface area contributed by atoms with Crippen LogP contribution in [0.5, 0.6) is 0 Å². The number of nitrogens with two attached hydrogens (primary N) is 2. The van der Waals surface area contributed by atoms with Crippen LogP contribution < -0.4 is 11.6 Å². The molecule has 6 heteroatoms. The van der Waals surface area contributed by atoms with Crippen molar-refractivity contribution in [2.45, 2.75) is 0 Å². The lowest BCUT2D eigenvalue weighted by Gasteiger charge is -2.02. The molecule has 4 N–H and O–H groups in total. The van der Waals surface area contributed by atoms with Crippen molar-refractivity contribution in [3.63, 3.8) is 0 Å². The first-order chi connectivity index (χ1) is 7.09. The molecule has 0 aliphatic rings. The average Bonchev–Trinajstić information content (AvgIpc) is 2.49. The van der Waals surface area contributed by atoms with Gasteiger partial charge in [-0.1, -0.05) is 15.9 Å². The number of hydrogen-bond donors (Lipinski definition) is 2. The summed E-state index contributed by atoms with van der Waals surface area (Å²) >= 11 is 3.17. The Labute approximate surface area is 93.8 Å². The number of nitrogen functional groups attached to an aromatic ring is 2. The molecule has 15 heavy (non-hydrogen) atoms. The molecule has 0 bridgehead atoms. The van der Waals surface area contributed by atoms with Gasteiger partial charge in [0.2, 0.25) is 0 Å². The highest BCUT2D eigenvalue weighted by Crippen LogP contribution is 2.27. The lowest BCUT2D eigenvalue weighted by Crippen LogP contribution is -2.10. The Morgan fingerprint density at radius 2 is 2.13 bits per heavy atom. The van der Waals surface area contributed by atoms with Crippen LogP contribution in [-0.4, -0.2) is 9.66 Å². The van der Waals surface area contributed by atoms with Crippen molar-refractivity contribution in [1.82, 2.24) is 9.66 Å². The Balaban J connectivity index is 2.59. The Hall–Kier alpha value is -1.56. The maximum Gasteiger partial charge on any atom is 0.150 e. The number of anilines is 1. The minimum atomic E-state index is -0.394. The van der Waals surface area contributed by atoms with Crippen molar-refractivity contribution in [2.24, 2.45) is 0 Å². The van der Waals surface area contributed by atoms with Gasteiger partial charge in [0.1, 0.15) is 17.8 Å². The molecule has 0 saturated carbocycles. The average molecular weight is 271 g/mol. The molecule has 0 radical (unpaired) electrons. The third kappa shape index (κ3) is 1.68. The molecule has 0 aliphatic heterocycles. The molecular formula is C9H8BrFN4. The quantitative estimate of drug-likeness (QED) is 0.776. The number of nitrogens with zero attached hydrogens (tertiary/aromatic N) is 2. The molecule has 2 rings (SSSR count). The number of imidazole rings is 1. The van der Waals surface area contributed by atoms with Gasteiger partial charge >= 0.3 is 0 Å². The molecule has 0 saturated heterocycles. The van der Waals surface area contributed by atoms with Crippen molar-refractivity contribution in [1.29, 1.82) is 0 Å². The van der Waals surface area contributed by atoms with Crippen LogP contribution in [0.25, 0.3) is 11.3 Å². The van der Waals surface area contributed by atoms with Gasteiger partial charge in [-0.25, -0.2) is 14.1 Å². The number of rotatable bonds is 1. The molecule has 0 aliphatic carbocycles. The highest BCUT2D eigenvalue weighted by Gasteiger charge is 2.12. The zero-order valence-electron chi connectivity index (χ0n) is 7.61. The third-order valence-corrected chi connectivity index (χ3v) is 2.51. The standard InChI is InChI=1S/C9H8BrFN4/c10-5-1-2-6(7(11)3-5)8-9(12)15(13)4-14-8/h1-4H,12-13H2. The first-order valence-electron chi connectivity index (χ1n) is 4.13. The van der Waals surface area contributed by atoms with Crippen LogP contribution in [0, 0.1) is 5.82 Å². The number of halogens is 2. The summed E-state index contributed by atoms with van der Waals surface area (Å²) in [6, 6.07) is 4.66. The summed E-state index contributed by atoms with van der Waals surface area (Å²) < 4.78 is 15.4. The van der Waals surface area contributed by atoms with E-state index in [1.807, 2.05) is 0 Å². The molecule has 78 valence electrons. The summed E-state index contributed by atoms with van der Waals surface area (Å²) in [5, 5.41) is 0. The maximum atomic E-state index is 13.5. The van der Waals surface area contributed by atoms with Crippen molar-refractivity contribution in [2.75, 3.05) is 11.6 Å². The van der Waals surface area contributed by atoms with E-state index in [1.54, 1.807) is 12.1 Å². The highest BCUT2D eigenvalue weighted by molar-refractivity contribution is 9.10. The Morgan fingerprint density at radius 3 is 2.67 bits per heavy atom. The molecule has 0 fully saturated rings. The lowest BCUT2D eigenvalue weighted by atomic mass is 10.1. The van der Waals surface area contributed by atoms with E-state index in [9.17, 15) is 4.39 Å². The van der Waals surface area contributed by atoms with E-state index in [0.717, 1.165) is 4.68 Å². The second-order valence-electron chi connectivity index (χ2n) is 3.01. The summed E-state index contributed by atoms with van der Waals surface area (Å²) in [6.07, 6.45) is 1.34. The van der Waals surface area contributed by atoms with E-state index in [0.29, 0.717) is 15.7 Å². The van der Waals surface area contributed by atoms with Crippen LogP contribution in [0.1, 0.15) is 0 Å². The van der Waals surface area contributed by atoms with Crippen LogP contribution in [0.15, 0.2) is 29.0 Å². The van der Waals surface area contributed by atoms with Crippen molar-refractivity contribution in [3.05, 3.63) is 34.8 Å². The molecule has 1 aromatic heterocycles. The largest absolute Gasteiger partial charge is 0.382 e. The molecule has 0 unspecified atom stereocenters. The Morgan fingerprint density at radius 1 is 1.40 bits per heavy atom. The molecule has 1 heterocycles. The molecule has 4 nitrogen and oxygen atoms in total. The SMILES string of the molecule is Nc1c(-c2ccc(Br)cc2F)ncn1N. The van der Waals surface area contributed by atoms with Crippen molar-refractivity contribution < 1.29 is 4.39 Å². The summed E-state index contributed by atoms with van der Waals surface area (Å²) in [4.78, 5) is 3.93. The topological polar surface area (TPSA) is 69.9 Å². The smallest absolute Gasteiger partial charge is 0.150 e. The Bertz CT molecular complexity index is 509. The maximum absolute atomic E-state index is 13.5. The second-order valence-corrected chi connectivity index (χ2v) is 3.93. The first kappa shape index (κ1) is 9.97. The minimum absolute atomic E-state index is 0.233. The van der Waals surface area contributed by atoms with Crippen LogP contribution in [0.2, 0.25) is 0 Å². The van der Waals surface area contributed by atoms with E-state index in [-0.39, 0.29) is 5.82 Å². The van der Waals surface area contributed by atoms with Crippen LogP contribution in [0.4, 0.5) is 10.2 Å². The fourth-order valence-electron chi connectivity index (χ4n) is 1.26. The number of aromatic nitrogens is 2. The van der Waals surface area contributed by atoms with Crippen molar-refractivity contribution in [3.8, 4) is 11.3 Å². The normalized spacial score (nSPS) is 10.5. The summed E-state index contributed by atoms with van der Waals surface area (Å²) in [6.45, 7) is 0. The summed E-state index contributed by atoms with van der Waals surface area (Å²) in [5.74, 6) is 5.29. The minimum Gasteiger partial charge on any atom is -0.382 e. The zero-order chi connectivity index (χ0) is 11.0. The van der Waals surface area contributed by atoms with E-state index in [2.05, 4.69) is 20.9 Å². The van der Waals surface area contributed by atoms with Gasteiger partial charge in [-0.05, 0) is 18.2 Å². The van der Waals surface area contributed by atoms with Gasteiger partial charge in [0.05, 0.1) is 0 Å². The molecule has 2 aromatic rings. The van der Waals surface area contributed by atoms with E-state index < -0.39 is 5.82 Å². The van der Waals surface area contributed by atoms with Gasteiger partial charge in [-0.2, -0.15) is 0 Å². The van der Waals surface area contributed by atoms with E-state index in [4.69, 9.17) is 11.6 Å². The highest BCUT2D eigenvalue weighted by atomic mass is 79.9. The number of hydrogen-bond acceptors (Lipinski definition) is 3. The van der Waals surface area contributed by atoms with Gasteiger partial charge in [0.15, 0.2) is 5.82 Å². The third-order valence-electron chi connectivity index (χ3n) is 2.02. The van der Waals surface area contributed by atoms with E-state index >= 15 is 0 Å². The molecule has 0 spiro atoms. The van der Waals surface area contributed by atoms with Crippen LogP contribution >= 0.6 is 15.9 Å². The van der Waals surface area contributed by atoms with Crippen LogP contribution in [0.3, 0.4) is 0 Å². The summed E-state index contributed by atoms with van der Waals surface area (Å²) in [7, 11) is 0. The monoisotopic (exact) mass is 270 g/mol. The predicted molar refractivity (Wildman–Crippen MR) is 59.9 cm³/mol. The molecule has 0 atom stereocenters. The Kier molecular flexibility index (Phi) is 2.36. The molecular weight excluding hydrogens is 263 g/mol. The van der Waals surface area contributed by atoms with E-state index in [1.165, 1.54) is 12.4 Å². The molecule has 1 aromatic carbocycles. The molecule has 0 amide bonds. The summed E-state index contributed by atoms with van der Waals surface area (Å²) in [5.41, 5.74) is 6.32. The first-order valence-corrected chi connectivity index (χ1v) is 4.92. The zero-order valence-corrected chi connectivity index (χ0v) is 9.20. The van der Waals surface area contributed by atoms with Gasteiger partial charge in [-0.15, -0.1) is 0 Å². The van der Waals surface area contributed by atoms with Gasteiger partial charge in [-0.3, -0.25) is 0 Å². The fraction of sp³-hybridized carbons (Fsp3) is 0.